The van der Waals surface area contributed by atoms with Crippen LogP contribution in [0.5, 0.6) is 0 Å². The number of aromatic carboxylic acids is 1. The molecule has 0 aliphatic carbocycles. The van der Waals surface area contributed by atoms with Crippen LogP contribution in [0.4, 0.5) is 14.9 Å². The summed E-state index contributed by atoms with van der Waals surface area (Å²) in [6, 6.07) is 1.79. The molecule has 3 aliphatic rings. The summed E-state index contributed by atoms with van der Waals surface area (Å²) in [5.41, 5.74) is 5.25. The molecular formula is C25H26FN5O8S. The highest BCUT2D eigenvalue weighted by Crippen LogP contribution is 2.39. The lowest BCUT2D eigenvalue weighted by atomic mass is 10.0. The highest BCUT2D eigenvalue weighted by molar-refractivity contribution is 8.00. The summed E-state index contributed by atoms with van der Waals surface area (Å²) >= 11 is 1.31. The molecule has 1 aromatic carbocycles. The number of benzene rings is 1. The molecule has 0 radical (unpaired) electrons. The number of fused-ring (bicyclic) bond motifs is 2. The molecule has 0 spiro atoms. The molecule has 4 heterocycles. The quantitative estimate of drug-likeness (QED) is 0.413. The number of hydrogen-bond acceptors (Lipinski definition) is 9. The van der Waals surface area contributed by atoms with Gasteiger partial charge in [0, 0.05) is 55.6 Å². The van der Waals surface area contributed by atoms with Crippen molar-refractivity contribution in [3.8, 4) is 0 Å². The molecule has 0 unspecified atom stereocenters. The minimum Gasteiger partial charge on any atom is -0.477 e. The predicted octanol–water partition coefficient (Wildman–Crippen LogP) is 0.698. The fourth-order valence-corrected chi connectivity index (χ4v) is 6.39. The third-order valence-electron chi connectivity index (χ3n) is 7.26. The summed E-state index contributed by atoms with van der Waals surface area (Å²) in [5.74, 6) is -3.61. The number of anilines is 1. The van der Waals surface area contributed by atoms with Crippen LogP contribution >= 0.6 is 11.8 Å². The first kappa shape index (κ1) is 27.5. The third-order valence-corrected chi connectivity index (χ3v) is 8.62. The average Bonchev–Trinajstić information content (AvgIpc) is 2.94. The minimum atomic E-state index is -1.39. The van der Waals surface area contributed by atoms with Gasteiger partial charge >= 0.3 is 18.0 Å². The van der Waals surface area contributed by atoms with E-state index in [1.165, 1.54) is 28.9 Å². The standard InChI is InChI=1S/C25H26FN5O8S/c1-2-28-9-14(23(34)35)20(32)13-7-15(26)17(8-16(13)28)29-3-5-30(6-4-29)25(38)39-10-12-11-40-22-18(27)21(33)31(22)19(12)24(36)37/h7-9,18,22H,2-6,10-11,27H2,1H3,(H,34,35)(H,36,37)/t18-,22-/m0/s1. The largest absolute Gasteiger partial charge is 0.477 e. The number of pyridine rings is 1. The summed E-state index contributed by atoms with van der Waals surface area (Å²) in [6.07, 6.45) is 0.570. The van der Waals surface area contributed by atoms with Gasteiger partial charge in [-0.25, -0.2) is 18.8 Å². The molecule has 2 saturated heterocycles. The first-order valence-corrected chi connectivity index (χ1v) is 13.5. The number of carboxylic acids is 2. The van der Waals surface area contributed by atoms with Gasteiger partial charge < -0.3 is 35.1 Å². The number of thioether (sulfide) groups is 1. The van der Waals surface area contributed by atoms with Crippen LogP contribution in [0.3, 0.4) is 0 Å². The molecule has 2 aromatic rings. The second-order valence-corrected chi connectivity index (χ2v) is 10.6. The second kappa shape index (κ2) is 10.5. The van der Waals surface area contributed by atoms with Crippen molar-refractivity contribution in [1.82, 2.24) is 14.4 Å². The topological polar surface area (TPSA) is 176 Å². The Morgan fingerprint density at radius 2 is 1.82 bits per heavy atom. The van der Waals surface area contributed by atoms with Crippen LogP contribution in [0, 0.1) is 5.82 Å². The molecule has 13 nitrogen and oxygen atoms in total. The highest BCUT2D eigenvalue weighted by atomic mass is 32.2. The third kappa shape index (κ3) is 4.54. The molecule has 2 fully saturated rings. The number of aryl methyl sites for hydroxylation is 1. The number of amides is 2. The van der Waals surface area contributed by atoms with E-state index in [0.29, 0.717) is 17.6 Å². The van der Waals surface area contributed by atoms with Gasteiger partial charge in [-0.15, -0.1) is 11.8 Å². The smallest absolute Gasteiger partial charge is 0.410 e. The minimum absolute atomic E-state index is 0.0330. The normalized spacial score (nSPS) is 20.9. The maximum Gasteiger partial charge on any atom is 0.410 e. The van der Waals surface area contributed by atoms with Gasteiger partial charge in [-0.2, -0.15) is 0 Å². The van der Waals surface area contributed by atoms with E-state index in [1.807, 2.05) is 0 Å². The Kier molecular flexibility index (Phi) is 7.18. The molecular weight excluding hydrogens is 549 g/mol. The average molecular weight is 576 g/mol. The van der Waals surface area contributed by atoms with Gasteiger partial charge in [0.1, 0.15) is 35.1 Å². The Hall–Kier alpha value is -4.11. The number of hydrogen-bond donors (Lipinski definition) is 3. The Morgan fingerprint density at radius 1 is 1.12 bits per heavy atom. The van der Waals surface area contributed by atoms with E-state index in [1.54, 1.807) is 16.4 Å². The van der Waals surface area contributed by atoms with Gasteiger partial charge in [0.15, 0.2) is 0 Å². The molecule has 5 rings (SSSR count). The van der Waals surface area contributed by atoms with Crippen molar-refractivity contribution in [2.75, 3.05) is 43.4 Å². The van der Waals surface area contributed by atoms with Crippen LogP contribution < -0.4 is 16.1 Å². The van der Waals surface area contributed by atoms with E-state index in [4.69, 9.17) is 10.5 Å². The van der Waals surface area contributed by atoms with E-state index < -0.39 is 52.2 Å². The van der Waals surface area contributed by atoms with Crippen molar-refractivity contribution in [3.05, 3.63) is 51.2 Å². The van der Waals surface area contributed by atoms with E-state index in [9.17, 15) is 34.2 Å². The zero-order chi connectivity index (χ0) is 28.9. The summed E-state index contributed by atoms with van der Waals surface area (Å²) < 4.78 is 22.1. The van der Waals surface area contributed by atoms with Crippen LogP contribution in [-0.2, 0) is 20.9 Å². The molecule has 15 heteroatoms. The number of ether oxygens (including phenoxy) is 1. The van der Waals surface area contributed by atoms with Crippen LogP contribution in [0.15, 0.2) is 34.4 Å². The second-order valence-electron chi connectivity index (χ2n) is 9.51. The van der Waals surface area contributed by atoms with Crippen molar-refractivity contribution >= 4 is 52.3 Å². The molecule has 3 aliphatic heterocycles. The van der Waals surface area contributed by atoms with Crippen LogP contribution in [0.1, 0.15) is 17.3 Å². The number of piperazine rings is 1. The summed E-state index contributed by atoms with van der Waals surface area (Å²) in [5, 5.41) is 18.5. The van der Waals surface area contributed by atoms with Crippen molar-refractivity contribution in [2.45, 2.75) is 24.9 Å². The Bertz CT molecular complexity index is 1530. The number of rotatable bonds is 6. The van der Waals surface area contributed by atoms with Crippen molar-refractivity contribution in [1.29, 1.82) is 0 Å². The monoisotopic (exact) mass is 575 g/mol. The van der Waals surface area contributed by atoms with Gasteiger partial charge in [-0.3, -0.25) is 14.5 Å². The summed E-state index contributed by atoms with van der Waals surface area (Å²) in [7, 11) is 0. The Morgan fingerprint density at radius 3 is 2.45 bits per heavy atom. The zero-order valence-electron chi connectivity index (χ0n) is 21.3. The molecule has 40 heavy (non-hydrogen) atoms. The lowest BCUT2D eigenvalue weighted by Crippen LogP contribution is -2.68. The van der Waals surface area contributed by atoms with Crippen molar-refractivity contribution < 1.29 is 38.5 Å². The number of carbonyl (C=O) groups excluding carboxylic acids is 2. The molecule has 212 valence electrons. The molecule has 1 aromatic heterocycles. The zero-order valence-corrected chi connectivity index (χ0v) is 22.1. The number of aromatic nitrogens is 1. The maximum absolute atomic E-state index is 15.1. The number of β-lactam (4-membered cyclic amide) rings is 1. The van der Waals surface area contributed by atoms with Gasteiger partial charge in [0.2, 0.25) is 11.3 Å². The molecule has 4 N–H and O–H groups in total. The van der Waals surface area contributed by atoms with Gasteiger partial charge in [-0.1, -0.05) is 0 Å². The highest BCUT2D eigenvalue weighted by Gasteiger charge is 2.51. The lowest BCUT2D eigenvalue weighted by molar-refractivity contribution is -0.148. The van der Waals surface area contributed by atoms with E-state index in [2.05, 4.69) is 0 Å². The first-order chi connectivity index (χ1) is 19.0. The molecule has 0 bridgehead atoms. The number of carboxylic acid groups (broad SMARTS) is 2. The fourth-order valence-electron chi connectivity index (χ4n) is 5.12. The number of nitrogens with two attached hydrogens (primary N) is 1. The SMILES string of the molecule is CCn1cc(C(=O)O)c(=O)c2cc(F)c(N3CCN(C(=O)OCC4=C(C(=O)O)N5C(=O)[C@H](N)[C@@H]5SC4)CC3)cc21. The molecule has 2 amide bonds. The van der Waals surface area contributed by atoms with Crippen molar-refractivity contribution in [2.24, 2.45) is 5.73 Å². The number of aliphatic carboxylic acids is 1. The summed E-state index contributed by atoms with van der Waals surface area (Å²) in [6.45, 7) is 2.72. The van der Waals surface area contributed by atoms with Crippen molar-refractivity contribution in [3.63, 3.8) is 0 Å². The van der Waals surface area contributed by atoms with E-state index in [-0.39, 0.29) is 55.3 Å². The van der Waals surface area contributed by atoms with Crippen LogP contribution in [0.25, 0.3) is 10.9 Å². The van der Waals surface area contributed by atoms with E-state index in [0.717, 1.165) is 11.0 Å². The fraction of sp³-hybridized carbons (Fsp3) is 0.400. The van der Waals surface area contributed by atoms with Crippen LogP contribution in [0.2, 0.25) is 0 Å². The Labute approximate surface area is 230 Å². The lowest BCUT2D eigenvalue weighted by Gasteiger charge is -2.47. The van der Waals surface area contributed by atoms with Gasteiger partial charge in [0.25, 0.3) is 0 Å². The van der Waals surface area contributed by atoms with Crippen LogP contribution in [-0.4, -0.2) is 98.5 Å². The molecule has 0 saturated carbocycles. The van der Waals surface area contributed by atoms with Gasteiger partial charge in [-0.05, 0) is 19.1 Å². The van der Waals surface area contributed by atoms with E-state index >= 15 is 4.39 Å². The Balaban J connectivity index is 1.27. The first-order valence-electron chi connectivity index (χ1n) is 12.5. The summed E-state index contributed by atoms with van der Waals surface area (Å²) in [4.78, 5) is 64.9. The number of carbonyl (C=O) groups is 4. The maximum atomic E-state index is 15.1. The predicted molar refractivity (Wildman–Crippen MR) is 142 cm³/mol. The van der Waals surface area contributed by atoms with Gasteiger partial charge in [0.05, 0.1) is 11.2 Å². The number of halogens is 1. The molecule has 2 atom stereocenters. The number of nitrogens with zero attached hydrogens (tertiary/aromatic N) is 4.